The molecule has 1 saturated carbocycles. The van der Waals surface area contributed by atoms with Crippen LogP contribution in [0.4, 0.5) is 0 Å². The van der Waals surface area contributed by atoms with Crippen molar-refractivity contribution < 1.29 is 14.3 Å². The van der Waals surface area contributed by atoms with Crippen LogP contribution >= 0.6 is 23.1 Å². The molecule has 0 atom stereocenters. The number of rotatable bonds is 9. The second-order valence-electron chi connectivity index (χ2n) is 7.03. The Labute approximate surface area is 174 Å². The van der Waals surface area contributed by atoms with Gasteiger partial charge in [-0.15, -0.1) is 11.3 Å². The molecule has 5 nitrogen and oxygen atoms in total. The molecule has 1 fully saturated rings. The van der Waals surface area contributed by atoms with Crippen LogP contribution < -0.4 is 10.1 Å². The number of nitrogens with zero attached hydrogens (tertiary/aromatic N) is 1. The largest absolute Gasteiger partial charge is 0.497 e. The van der Waals surface area contributed by atoms with E-state index >= 15 is 0 Å². The van der Waals surface area contributed by atoms with Gasteiger partial charge in [-0.3, -0.25) is 9.59 Å². The third-order valence-corrected chi connectivity index (χ3v) is 6.99. The first-order chi connectivity index (χ1) is 13.6. The Morgan fingerprint density at radius 2 is 1.96 bits per heavy atom. The Kier molecular flexibility index (Phi) is 7.91. The standard InChI is InChI=1S/C21H26N2O3S2/c1-26-18-9-7-16(8-10-18)19(24)14-28-21-23-17(13-27-21)11-20(25)22-12-15-5-3-2-4-6-15/h7-10,13,15H,2-6,11-12,14H2,1H3,(H,22,25). The van der Waals surface area contributed by atoms with Gasteiger partial charge in [0.1, 0.15) is 5.75 Å². The average Bonchev–Trinajstić information content (AvgIpc) is 3.18. The van der Waals surface area contributed by atoms with Crippen molar-refractivity contribution in [2.45, 2.75) is 42.9 Å². The molecule has 0 unspecified atom stereocenters. The lowest BCUT2D eigenvalue weighted by Gasteiger charge is -2.21. The molecule has 1 aromatic heterocycles. The number of thiazole rings is 1. The van der Waals surface area contributed by atoms with Crippen molar-refractivity contribution in [3.63, 3.8) is 0 Å². The van der Waals surface area contributed by atoms with Crippen molar-refractivity contribution in [1.29, 1.82) is 0 Å². The third kappa shape index (κ3) is 6.34. The Morgan fingerprint density at radius 3 is 2.68 bits per heavy atom. The first kappa shape index (κ1) is 20.9. The molecule has 7 heteroatoms. The van der Waals surface area contributed by atoms with Crippen LogP contribution in [0.5, 0.6) is 5.75 Å². The van der Waals surface area contributed by atoms with Crippen molar-refractivity contribution in [3.05, 3.63) is 40.9 Å². The maximum absolute atomic E-state index is 12.3. The highest BCUT2D eigenvalue weighted by Crippen LogP contribution is 2.25. The number of methoxy groups -OCH3 is 1. The summed E-state index contributed by atoms with van der Waals surface area (Å²) < 4.78 is 5.92. The average molecular weight is 419 g/mol. The summed E-state index contributed by atoms with van der Waals surface area (Å²) in [5.74, 6) is 1.77. The lowest BCUT2D eigenvalue weighted by atomic mass is 9.89. The molecule has 1 heterocycles. The van der Waals surface area contributed by atoms with E-state index in [4.69, 9.17) is 4.74 Å². The third-order valence-electron chi connectivity index (χ3n) is 4.92. The molecular weight excluding hydrogens is 392 g/mol. The fourth-order valence-corrected chi connectivity index (χ4v) is 5.04. The van der Waals surface area contributed by atoms with E-state index in [0.29, 0.717) is 23.7 Å². The molecule has 1 amide bonds. The van der Waals surface area contributed by atoms with Crippen molar-refractivity contribution in [2.24, 2.45) is 5.92 Å². The Hall–Kier alpha value is -1.86. The van der Waals surface area contributed by atoms with Gasteiger partial charge in [0.05, 0.1) is 25.0 Å². The Bertz CT molecular complexity index is 783. The van der Waals surface area contributed by atoms with Crippen LogP contribution in [0.3, 0.4) is 0 Å². The predicted octanol–water partition coefficient (Wildman–Crippen LogP) is 4.37. The second kappa shape index (κ2) is 10.6. The van der Waals surface area contributed by atoms with E-state index in [-0.39, 0.29) is 11.7 Å². The maximum atomic E-state index is 12.3. The summed E-state index contributed by atoms with van der Waals surface area (Å²) in [5.41, 5.74) is 1.43. The van der Waals surface area contributed by atoms with Crippen molar-refractivity contribution >= 4 is 34.8 Å². The van der Waals surface area contributed by atoms with Gasteiger partial charge in [0.15, 0.2) is 10.1 Å². The normalized spacial score (nSPS) is 14.6. The summed E-state index contributed by atoms with van der Waals surface area (Å²) in [7, 11) is 1.60. The topological polar surface area (TPSA) is 68.3 Å². The summed E-state index contributed by atoms with van der Waals surface area (Å²) in [6.45, 7) is 0.779. The smallest absolute Gasteiger partial charge is 0.226 e. The van der Waals surface area contributed by atoms with Crippen molar-refractivity contribution in [1.82, 2.24) is 10.3 Å². The molecule has 28 heavy (non-hydrogen) atoms. The Morgan fingerprint density at radius 1 is 1.21 bits per heavy atom. The van der Waals surface area contributed by atoms with E-state index in [1.54, 1.807) is 31.4 Å². The summed E-state index contributed by atoms with van der Waals surface area (Å²) in [5, 5.41) is 4.95. The van der Waals surface area contributed by atoms with E-state index in [2.05, 4.69) is 10.3 Å². The van der Waals surface area contributed by atoms with E-state index in [1.807, 2.05) is 5.38 Å². The van der Waals surface area contributed by atoms with E-state index in [9.17, 15) is 9.59 Å². The lowest BCUT2D eigenvalue weighted by molar-refractivity contribution is -0.120. The number of hydrogen-bond acceptors (Lipinski definition) is 6. The predicted molar refractivity (Wildman–Crippen MR) is 113 cm³/mol. The number of benzene rings is 1. The summed E-state index contributed by atoms with van der Waals surface area (Å²) >= 11 is 2.89. The number of ketones is 1. The van der Waals surface area contributed by atoms with Crippen LogP contribution in [0.2, 0.25) is 0 Å². The van der Waals surface area contributed by atoms with Gasteiger partial charge in [0.2, 0.25) is 5.91 Å². The fraction of sp³-hybridized carbons (Fsp3) is 0.476. The zero-order valence-corrected chi connectivity index (χ0v) is 17.7. The van der Waals surface area contributed by atoms with Gasteiger partial charge in [-0.25, -0.2) is 4.98 Å². The van der Waals surface area contributed by atoms with Gasteiger partial charge < -0.3 is 10.1 Å². The molecule has 1 aromatic carbocycles. The molecule has 1 aliphatic rings. The zero-order valence-electron chi connectivity index (χ0n) is 16.1. The molecule has 0 saturated heterocycles. The van der Waals surface area contributed by atoms with Crippen LogP contribution in [-0.4, -0.2) is 36.1 Å². The molecule has 0 spiro atoms. The highest BCUT2D eigenvalue weighted by Gasteiger charge is 2.15. The molecule has 0 aliphatic heterocycles. The number of thioether (sulfide) groups is 1. The molecule has 0 bridgehead atoms. The number of amides is 1. The Balaban J connectivity index is 1.41. The van der Waals surface area contributed by atoms with Crippen LogP contribution in [-0.2, 0) is 11.2 Å². The minimum atomic E-state index is 0.0294. The second-order valence-corrected chi connectivity index (χ2v) is 9.11. The molecular formula is C21H26N2O3S2. The molecule has 0 radical (unpaired) electrons. The minimum Gasteiger partial charge on any atom is -0.497 e. The van der Waals surface area contributed by atoms with Gasteiger partial charge in [0, 0.05) is 17.5 Å². The monoisotopic (exact) mass is 418 g/mol. The summed E-state index contributed by atoms with van der Waals surface area (Å²) in [6, 6.07) is 7.11. The number of carbonyl (C=O) groups is 2. The first-order valence-corrected chi connectivity index (χ1v) is 11.5. The maximum Gasteiger partial charge on any atom is 0.226 e. The van der Waals surface area contributed by atoms with Gasteiger partial charge in [-0.2, -0.15) is 0 Å². The molecule has 2 aromatic rings. The highest BCUT2D eigenvalue weighted by atomic mass is 32.2. The summed E-state index contributed by atoms with van der Waals surface area (Å²) in [6.07, 6.45) is 6.63. The molecule has 1 N–H and O–H groups in total. The SMILES string of the molecule is COc1ccc(C(=O)CSc2nc(CC(=O)NCC3CCCCC3)cs2)cc1. The van der Waals surface area contributed by atoms with E-state index in [1.165, 1.54) is 55.2 Å². The summed E-state index contributed by atoms with van der Waals surface area (Å²) in [4.78, 5) is 28.9. The van der Waals surface area contributed by atoms with Gasteiger partial charge in [-0.1, -0.05) is 31.0 Å². The number of Topliss-reactive ketones (excluding diaryl/α,β-unsaturated/α-hetero) is 1. The molecule has 1 aliphatic carbocycles. The van der Waals surface area contributed by atoms with Crippen LogP contribution in [0.15, 0.2) is 34.0 Å². The number of ether oxygens (including phenoxy) is 1. The number of carbonyl (C=O) groups excluding carboxylic acids is 2. The molecule has 150 valence electrons. The van der Waals surface area contributed by atoms with Crippen LogP contribution in [0.25, 0.3) is 0 Å². The van der Waals surface area contributed by atoms with Crippen LogP contribution in [0, 0.1) is 5.92 Å². The number of hydrogen-bond donors (Lipinski definition) is 1. The van der Waals surface area contributed by atoms with Crippen LogP contribution in [0.1, 0.15) is 48.2 Å². The number of aromatic nitrogens is 1. The number of nitrogens with one attached hydrogen (secondary N) is 1. The first-order valence-electron chi connectivity index (χ1n) is 9.65. The van der Waals surface area contributed by atoms with Gasteiger partial charge in [0.25, 0.3) is 0 Å². The van der Waals surface area contributed by atoms with Gasteiger partial charge >= 0.3 is 0 Å². The quantitative estimate of drug-likeness (QED) is 0.484. The van der Waals surface area contributed by atoms with E-state index < -0.39 is 0 Å². The lowest BCUT2D eigenvalue weighted by Crippen LogP contribution is -2.31. The molecule has 3 rings (SSSR count). The minimum absolute atomic E-state index is 0.0294. The van der Waals surface area contributed by atoms with Gasteiger partial charge in [-0.05, 0) is 43.0 Å². The fourth-order valence-electron chi connectivity index (χ4n) is 3.30. The van der Waals surface area contributed by atoms with E-state index in [0.717, 1.165) is 22.3 Å². The highest BCUT2D eigenvalue weighted by molar-refractivity contribution is 8.01. The van der Waals surface area contributed by atoms with Crippen molar-refractivity contribution in [3.8, 4) is 5.75 Å². The zero-order chi connectivity index (χ0) is 19.8. The van der Waals surface area contributed by atoms with Crippen molar-refractivity contribution in [2.75, 3.05) is 19.4 Å².